The largest absolute Gasteiger partial charge is 0.398 e. The Bertz CT molecular complexity index is 558. The smallest absolute Gasteiger partial charge is 0.256 e. The number of nitrogens with two attached hydrogens (primary N) is 1. The molecule has 19 heavy (non-hydrogen) atoms. The van der Waals surface area contributed by atoms with E-state index < -0.39 is 0 Å². The van der Waals surface area contributed by atoms with Gasteiger partial charge in [-0.25, -0.2) is 0 Å². The number of benzene rings is 2. The lowest BCUT2D eigenvalue weighted by Crippen LogP contribution is -2.27. The molecule has 2 aromatic carbocycles. The molecule has 0 saturated carbocycles. The van der Waals surface area contributed by atoms with Gasteiger partial charge in [0.25, 0.3) is 5.91 Å². The minimum atomic E-state index is -0.0422. The molecular formula is C16H18N2O. The highest BCUT2D eigenvalue weighted by Gasteiger charge is 2.16. The number of carbonyl (C=O) groups is 1. The summed E-state index contributed by atoms with van der Waals surface area (Å²) in [6.45, 7) is 2.48. The van der Waals surface area contributed by atoms with E-state index in [4.69, 9.17) is 5.73 Å². The first kappa shape index (κ1) is 13.1. The Morgan fingerprint density at radius 1 is 1.11 bits per heavy atom. The van der Waals surface area contributed by atoms with Gasteiger partial charge >= 0.3 is 0 Å². The highest BCUT2D eigenvalue weighted by atomic mass is 16.2. The van der Waals surface area contributed by atoms with Crippen LogP contribution in [0.3, 0.4) is 0 Å². The zero-order chi connectivity index (χ0) is 13.8. The predicted octanol–water partition coefficient (Wildman–Crippen LogP) is 2.85. The molecular weight excluding hydrogens is 236 g/mol. The van der Waals surface area contributed by atoms with Gasteiger partial charge in [-0.15, -0.1) is 0 Å². The van der Waals surface area contributed by atoms with E-state index in [0.717, 1.165) is 11.1 Å². The molecule has 0 saturated heterocycles. The van der Waals surface area contributed by atoms with E-state index in [1.807, 2.05) is 49.4 Å². The van der Waals surface area contributed by atoms with Gasteiger partial charge in [-0.1, -0.05) is 42.5 Å². The van der Waals surface area contributed by atoms with Crippen LogP contribution in [-0.2, 0) is 6.54 Å². The van der Waals surface area contributed by atoms with Crippen LogP contribution >= 0.6 is 0 Å². The third-order valence-electron chi connectivity index (χ3n) is 3.13. The molecule has 0 aliphatic carbocycles. The van der Waals surface area contributed by atoms with Gasteiger partial charge in [0, 0.05) is 19.3 Å². The molecule has 0 bridgehead atoms. The molecule has 0 aliphatic heterocycles. The summed E-state index contributed by atoms with van der Waals surface area (Å²) in [7, 11) is 1.79. The molecule has 0 fully saturated rings. The monoisotopic (exact) mass is 254 g/mol. The summed E-state index contributed by atoms with van der Waals surface area (Å²) in [5.74, 6) is -0.0422. The number of hydrogen-bond donors (Lipinski definition) is 1. The van der Waals surface area contributed by atoms with E-state index >= 15 is 0 Å². The van der Waals surface area contributed by atoms with Gasteiger partial charge in [-0.3, -0.25) is 4.79 Å². The minimum Gasteiger partial charge on any atom is -0.398 e. The summed E-state index contributed by atoms with van der Waals surface area (Å²) < 4.78 is 0. The Hall–Kier alpha value is -2.29. The van der Waals surface area contributed by atoms with Crippen molar-refractivity contribution in [2.45, 2.75) is 13.5 Å². The first-order valence-corrected chi connectivity index (χ1v) is 6.24. The van der Waals surface area contributed by atoms with Crippen molar-refractivity contribution in [3.63, 3.8) is 0 Å². The zero-order valence-corrected chi connectivity index (χ0v) is 11.3. The van der Waals surface area contributed by atoms with Gasteiger partial charge in [0.2, 0.25) is 0 Å². The van der Waals surface area contributed by atoms with Crippen LogP contribution in [0.5, 0.6) is 0 Å². The van der Waals surface area contributed by atoms with Crippen molar-refractivity contribution in [2.75, 3.05) is 12.8 Å². The Kier molecular flexibility index (Phi) is 3.85. The number of nitrogens with zero attached hydrogens (tertiary/aromatic N) is 1. The molecule has 2 rings (SSSR count). The summed E-state index contributed by atoms with van der Waals surface area (Å²) >= 11 is 0. The third-order valence-corrected chi connectivity index (χ3v) is 3.13. The fraction of sp³-hybridized carbons (Fsp3) is 0.188. The molecule has 2 N–H and O–H groups in total. The number of anilines is 1. The highest BCUT2D eigenvalue weighted by Crippen LogP contribution is 2.18. The second-order valence-corrected chi connectivity index (χ2v) is 4.69. The van der Waals surface area contributed by atoms with Crippen molar-refractivity contribution in [3.05, 3.63) is 65.2 Å². The van der Waals surface area contributed by atoms with Crippen LogP contribution in [0, 0.1) is 6.92 Å². The quantitative estimate of drug-likeness (QED) is 0.856. The van der Waals surface area contributed by atoms with Crippen LogP contribution in [0.1, 0.15) is 21.5 Å². The second-order valence-electron chi connectivity index (χ2n) is 4.69. The van der Waals surface area contributed by atoms with Gasteiger partial charge < -0.3 is 10.6 Å². The fourth-order valence-electron chi connectivity index (χ4n) is 2.10. The maximum Gasteiger partial charge on any atom is 0.256 e. The Morgan fingerprint density at radius 3 is 2.42 bits per heavy atom. The van der Waals surface area contributed by atoms with E-state index in [1.165, 1.54) is 0 Å². The fourth-order valence-corrected chi connectivity index (χ4v) is 2.10. The van der Waals surface area contributed by atoms with E-state index in [2.05, 4.69) is 0 Å². The Labute approximate surface area is 113 Å². The summed E-state index contributed by atoms with van der Waals surface area (Å²) in [6, 6.07) is 15.4. The molecule has 98 valence electrons. The maximum absolute atomic E-state index is 12.4. The Balaban J connectivity index is 2.20. The molecule has 1 amide bonds. The molecule has 3 nitrogen and oxygen atoms in total. The van der Waals surface area contributed by atoms with Crippen LogP contribution in [0.15, 0.2) is 48.5 Å². The summed E-state index contributed by atoms with van der Waals surface area (Å²) in [5.41, 5.74) is 9.05. The van der Waals surface area contributed by atoms with Crippen molar-refractivity contribution in [1.82, 2.24) is 4.90 Å². The molecule has 0 aliphatic rings. The first-order valence-electron chi connectivity index (χ1n) is 6.24. The maximum atomic E-state index is 12.4. The molecule has 0 radical (unpaired) electrons. The highest BCUT2D eigenvalue weighted by molar-refractivity contribution is 6.00. The average Bonchev–Trinajstić information content (AvgIpc) is 2.39. The van der Waals surface area contributed by atoms with Gasteiger partial charge in [-0.05, 0) is 24.1 Å². The lowest BCUT2D eigenvalue weighted by atomic mass is 10.1. The van der Waals surface area contributed by atoms with Gasteiger partial charge in [-0.2, -0.15) is 0 Å². The summed E-state index contributed by atoms with van der Waals surface area (Å²) in [5, 5.41) is 0. The average molecular weight is 254 g/mol. The standard InChI is InChI=1S/C16H18N2O/c1-12-7-6-10-14(17)15(12)16(19)18(2)11-13-8-4-3-5-9-13/h3-10H,11,17H2,1-2H3. The molecule has 0 aromatic heterocycles. The second kappa shape index (κ2) is 5.57. The topological polar surface area (TPSA) is 46.3 Å². The van der Waals surface area contributed by atoms with Crippen molar-refractivity contribution >= 4 is 11.6 Å². The van der Waals surface area contributed by atoms with Crippen molar-refractivity contribution < 1.29 is 4.79 Å². The number of rotatable bonds is 3. The number of amides is 1. The molecule has 0 atom stereocenters. The summed E-state index contributed by atoms with van der Waals surface area (Å²) in [4.78, 5) is 14.1. The number of aryl methyl sites for hydroxylation is 1. The van der Waals surface area contributed by atoms with Crippen molar-refractivity contribution in [3.8, 4) is 0 Å². The van der Waals surface area contributed by atoms with Crippen LogP contribution < -0.4 is 5.73 Å². The van der Waals surface area contributed by atoms with E-state index in [9.17, 15) is 4.79 Å². The van der Waals surface area contributed by atoms with Crippen LogP contribution in [0.25, 0.3) is 0 Å². The van der Waals surface area contributed by atoms with Crippen LogP contribution in [0.2, 0.25) is 0 Å². The summed E-state index contributed by atoms with van der Waals surface area (Å²) in [6.07, 6.45) is 0. The number of carbonyl (C=O) groups excluding carboxylic acids is 1. The van der Waals surface area contributed by atoms with Gasteiger partial charge in [0.15, 0.2) is 0 Å². The predicted molar refractivity (Wildman–Crippen MR) is 77.8 cm³/mol. The van der Waals surface area contributed by atoms with E-state index in [-0.39, 0.29) is 5.91 Å². The molecule has 0 spiro atoms. The zero-order valence-electron chi connectivity index (χ0n) is 11.3. The molecule has 3 heteroatoms. The minimum absolute atomic E-state index is 0.0422. The molecule has 2 aromatic rings. The molecule has 0 heterocycles. The van der Waals surface area contributed by atoms with Crippen LogP contribution in [-0.4, -0.2) is 17.9 Å². The lowest BCUT2D eigenvalue weighted by molar-refractivity contribution is 0.0785. The third kappa shape index (κ3) is 2.94. The van der Waals surface area contributed by atoms with Crippen LogP contribution in [0.4, 0.5) is 5.69 Å². The first-order chi connectivity index (χ1) is 9.09. The van der Waals surface area contributed by atoms with E-state index in [0.29, 0.717) is 17.8 Å². The normalized spacial score (nSPS) is 10.2. The SMILES string of the molecule is Cc1cccc(N)c1C(=O)N(C)Cc1ccccc1. The number of hydrogen-bond acceptors (Lipinski definition) is 2. The van der Waals surface area contributed by atoms with Gasteiger partial charge in [0.05, 0.1) is 5.56 Å². The van der Waals surface area contributed by atoms with Gasteiger partial charge in [0.1, 0.15) is 0 Å². The van der Waals surface area contributed by atoms with Crippen molar-refractivity contribution in [1.29, 1.82) is 0 Å². The van der Waals surface area contributed by atoms with Crippen molar-refractivity contribution in [2.24, 2.45) is 0 Å². The Morgan fingerprint density at radius 2 is 1.79 bits per heavy atom. The lowest BCUT2D eigenvalue weighted by Gasteiger charge is -2.19. The number of nitrogen functional groups attached to an aromatic ring is 1. The molecule has 0 unspecified atom stereocenters. The van der Waals surface area contributed by atoms with E-state index in [1.54, 1.807) is 18.0 Å².